The van der Waals surface area contributed by atoms with Crippen LogP contribution in [0.15, 0.2) is 66.7 Å². The summed E-state index contributed by atoms with van der Waals surface area (Å²) in [7, 11) is 1.73. The smallest absolute Gasteiger partial charge is 0.119 e. The summed E-state index contributed by atoms with van der Waals surface area (Å²) in [6.45, 7) is 2.21. The van der Waals surface area contributed by atoms with Gasteiger partial charge in [0.25, 0.3) is 0 Å². The van der Waals surface area contributed by atoms with Crippen LogP contribution in [0.4, 0.5) is 0 Å². The van der Waals surface area contributed by atoms with E-state index < -0.39 is 0 Å². The van der Waals surface area contributed by atoms with Crippen molar-refractivity contribution in [2.24, 2.45) is 0 Å². The molecule has 0 aliphatic heterocycles. The zero-order chi connectivity index (χ0) is 21.4. The fraction of sp³-hybridized carbons (Fsp3) is 0.214. The summed E-state index contributed by atoms with van der Waals surface area (Å²) in [5.74, 6) is 0.908. The monoisotopic (exact) mass is 409 g/mol. The van der Waals surface area contributed by atoms with E-state index in [1.807, 2.05) is 6.07 Å². The average Bonchev–Trinajstić information content (AvgIpc) is 3.12. The topological polar surface area (TPSA) is 45.2 Å². The van der Waals surface area contributed by atoms with Gasteiger partial charge in [0.2, 0.25) is 0 Å². The number of fused-ring (bicyclic) bond motifs is 2. The van der Waals surface area contributed by atoms with Crippen molar-refractivity contribution in [1.82, 2.24) is 4.98 Å². The van der Waals surface area contributed by atoms with Crippen LogP contribution in [0.25, 0.3) is 22.0 Å². The Morgan fingerprint density at radius 3 is 2.61 bits per heavy atom. The van der Waals surface area contributed by atoms with Crippen molar-refractivity contribution >= 4 is 22.0 Å². The zero-order valence-electron chi connectivity index (χ0n) is 18.0. The lowest BCUT2D eigenvalue weighted by Crippen LogP contribution is -1.98. The largest absolute Gasteiger partial charge is 0.497 e. The molecule has 2 N–H and O–H groups in total. The number of benzene rings is 3. The number of methoxy groups -OCH3 is 1. The number of aromatic nitrogens is 1. The Balaban J connectivity index is 1.80. The molecular weight excluding hydrogens is 382 g/mol. The molecule has 31 heavy (non-hydrogen) atoms. The number of aliphatic hydroxyl groups excluding tert-OH is 1. The van der Waals surface area contributed by atoms with Gasteiger partial charge in [-0.3, -0.25) is 0 Å². The maximum Gasteiger partial charge on any atom is 0.119 e. The van der Waals surface area contributed by atoms with E-state index in [0.717, 1.165) is 41.6 Å². The van der Waals surface area contributed by atoms with Crippen molar-refractivity contribution < 1.29 is 9.84 Å². The van der Waals surface area contributed by atoms with Gasteiger partial charge in [0, 0.05) is 16.6 Å². The van der Waals surface area contributed by atoms with Gasteiger partial charge in [-0.25, -0.2) is 0 Å². The summed E-state index contributed by atoms with van der Waals surface area (Å²) >= 11 is 0. The second kappa shape index (κ2) is 8.09. The van der Waals surface area contributed by atoms with Crippen molar-refractivity contribution in [2.75, 3.05) is 7.11 Å². The molecule has 0 unspecified atom stereocenters. The molecule has 0 saturated carbocycles. The molecule has 0 atom stereocenters. The first-order chi connectivity index (χ1) is 15.2. The minimum atomic E-state index is 0.0177. The summed E-state index contributed by atoms with van der Waals surface area (Å²) < 4.78 is 5.52. The molecule has 1 heterocycles. The first kappa shape index (κ1) is 19.7. The SMILES string of the molecule is COc1ccc2c(c1)CCCC(c1ccccc1C)=C2c1ccc2[nH]c(CO)cc2c1. The highest BCUT2D eigenvalue weighted by Crippen LogP contribution is 2.42. The van der Waals surface area contributed by atoms with Crippen LogP contribution in [-0.4, -0.2) is 17.2 Å². The third-order valence-electron chi connectivity index (χ3n) is 6.36. The third-order valence-corrected chi connectivity index (χ3v) is 6.36. The number of rotatable bonds is 4. The van der Waals surface area contributed by atoms with Crippen LogP contribution in [0.5, 0.6) is 5.75 Å². The number of aromatic amines is 1. The van der Waals surface area contributed by atoms with Gasteiger partial charge in [0.1, 0.15) is 5.75 Å². The Kier molecular flexibility index (Phi) is 5.13. The van der Waals surface area contributed by atoms with E-state index in [-0.39, 0.29) is 6.61 Å². The molecule has 3 nitrogen and oxygen atoms in total. The molecule has 1 aromatic heterocycles. The quantitative estimate of drug-likeness (QED) is 0.417. The lowest BCUT2D eigenvalue weighted by atomic mass is 9.86. The van der Waals surface area contributed by atoms with Gasteiger partial charge in [-0.05, 0) is 95.5 Å². The van der Waals surface area contributed by atoms with E-state index in [1.54, 1.807) is 7.11 Å². The van der Waals surface area contributed by atoms with E-state index in [0.29, 0.717) is 0 Å². The molecule has 1 aliphatic carbocycles. The Labute approximate surface area is 183 Å². The van der Waals surface area contributed by atoms with E-state index in [1.165, 1.54) is 39.0 Å². The number of aliphatic hydroxyl groups is 1. The zero-order valence-corrected chi connectivity index (χ0v) is 18.0. The van der Waals surface area contributed by atoms with Gasteiger partial charge in [0.15, 0.2) is 0 Å². The summed E-state index contributed by atoms with van der Waals surface area (Å²) in [4.78, 5) is 3.29. The summed E-state index contributed by atoms with van der Waals surface area (Å²) in [6.07, 6.45) is 3.17. The lowest BCUT2D eigenvalue weighted by Gasteiger charge is -2.18. The first-order valence-electron chi connectivity index (χ1n) is 10.9. The van der Waals surface area contributed by atoms with E-state index in [2.05, 4.69) is 72.6 Å². The molecule has 3 heteroatoms. The highest BCUT2D eigenvalue weighted by molar-refractivity contribution is 6.02. The molecule has 0 radical (unpaired) electrons. The van der Waals surface area contributed by atoms with Crippen LogP contribution >= 0.6 is 0 Å². The van der Waals surface area contributed by atoms with Crippen molar-refractivity contribution in [1.29, 1.82) is 0 Å². The Bertz CT molecular complexity index is 1300. The third kappa shape index (κ3) is 3.55. The normalized spacial score (nSPS) is 13.9. The van der Waals surface area contributed by atoms with Crippen LogP contribution in [0.1, 0.15) is 46.4 Å². The molecule has 3 aromatic carbocycles. The summed E-state index contributed by atoms with van der Waals surface area (Å²) in [5.41, 5.74) is 11.1. The number of aryl methyl sites for hydroxylation is 2. The van der Waals surface area contributed by atoms with Crippen LogP contribution in [0, 0.1) is 6.92 Å². The second-order valence-electron chi connectivity index (χ2n) is 8.30. The predicted molar refractivity (Wildman–Crippen MR) is 127 cm³/mol. The fourth-order valence-corrected chi connectivity index (χ4v) is 4.83. The van der Waals surface area contributed by atoms with Gasteiger partial charge in [-0.15, -0.1) is 0 Å². The molecule has 0 saturated heterocycles. The Hall–Kier alpha value is -3.30. The molecule has 0 bridgehead atoms. The van der Waals surface area contributed by atoms with Crippen molar-refractivity contribution in [3.63, 3.8) is 0 Å². The molecule has 0 spiro atoms. The van der Waals surface area contributed by atoms with Crippen molar-refractivity contribution in [3.05, 3.63) is 100 Å². The fourth-order valence-electron chi connectivity index (χ4n) is 4.83. The molecule has 1 aliphatic rings. The summed E-state index contributed by atoms with van der Waals surface area (Å²) in [5, 5.41) is 10.7. The van der Waals surface area contributed by atoms with E-state index >= 15 is 0 Å². The standard InChI is InChI=1S/C28H27NO2/c1-18-6-3-4-8-24(18)26-9-5-7-19-16-23(31-2)11-12-25(19)28(26)20-10-13-27-21(14-20)15-22(17-30)29-27/h3-4,6,8,10-16,29-30H,5,7,9,17H2,1-2H3. The molecule has 4 aromatic rings. The van der Waals surface area contributed by atoms with Crippen LogP contribution in [-0.2, 0) is 13.0 Å². The average molecular weight is 410 g/mol. The molecule has 0 amide bonds. The number of nitrogens with one attached hydrogen (secondary N) is 1. The Morgan fingerprint density at radius 2 is 1.81 bits per heavy atom. The number of allylic oxidation sites excluding steroid dienone is 1. The number of hydrogen-bond acceptors (Lipinski definition) is 2. The minimum absolute atomic E-state index is 0.0177. The van der Waals surface area contributed by atoms with Crippen LogP contribution < -0.4 is 4.74 Å². The first-order valence-corrected chi connectivity index (χ1v) is 10.9. The number of hydrogen-bond donors (Lipinski definition) is 2. The van der Waals surface area contributed by atoms with Gasteiger partial charge in [-0.1, -0.05) is 36.4 Å². The summed E-state index contributed by atoms with van der Waals surface area (Å²) in [6, 6.07) is 23.8. The Morgan fingerprint density at radius 1 is 0.935 bits per heavy atom. The number of ether oxygens (including phenoxy) is 1. The lowest BCUT2D eigenvalue weighted by molar-refractivity contribution is 0.278. The number of H-pyrrole nitrogens is 1. The van der Waals surface area contributed by atoms with Gasteiger partial charge >= 0.3 is 0 Å². The van der Waals surface area contributed by atoms with Crippen molar-refractivity contribution in [2.45, 2.75) is 32.8 Å². The molecule has 0 fully saturated rings. The molecule has 156 valence electrons. The van der Waals surface area contributed by atoms with Gasteiger partial charge in [-0.2, -0.15) is 0 Å². The van der Waals surface area contributed by atoms with E-state index in [9.17, 15) is 5.11 Å². The minimum Gasteiger partial charge on any atom is -0.497 e. The van der Waals surface area contributed by atoms with Crippen molar-refractivity contribution in [3.8, 4) is 5.75 Å². The maximum atomic E-state index is 9.54. The molecule has 5 rings (SSSR count). The second-order valence-corrected chi connectivity index (χ2v) is 8.30. The van der Waals surface area contributed by atoms with Gasteiger partial charge in [0.05, 0.1) is 13.7 Å². The predicted octanol–water partition coefficient (Wildman–Crippen LogP) is 6.27. The van der Waals surface area contributed by atoms with Crippen LogP contribution in [0.2, 0.25) is 0 Å². The highest BCUT2D eigenvalue weighted by Gasteiger charge is 2.21. The molecular formula is C28H27NO2. The highest BCUT2D eigenvalue weighted by atomic mass is 16.5. The maximum absolute atomic E-state index is 9.54. The van der Waals surface area contributed by atoms with Gasteiger partial charge < -0.3 is 14.8 Å². The van der Waals surface area contributed by atoms with E-state index in [4.69, 9.17) is 4.74 Å². The van der Waals surface area contributed by atoms with Crippen LogP contribution in [0.3, 0.4) is 0 Å².